The monoisotopic (exact) mass is 236 g/mol. The lowest BCUT2D eigenvalue weighted by molar-refractivity contribution is -0.151. The van der Waals surface area contributed by atoms with Gasteiger partial charge >= 0.3 is 6.03 Å². The fourth-order valence-corrected chi connectivity index (χ4v) is 2.99. The summed E-state index contributed by atoms with van der Waals surface area (Å²) >= 11 is 0. The third-order valence-electron chi connectivity index (χ3n) is 4.64. The van der Waals surface area contributed by atoms with Crippen molar-refractivity contribution in [3.8, 4) is 0 Å². The molecule has 3 aliphatic rings. The molecule has 92 valence electrons. The van der Waals surface area contributed by atoms with Crippen LogP contribution in [0.4, 0.5) is 4.79 Å². The average molecular weight is 236 g/mol. The maximum absolute atomic E-state index is 12.4. The number of nitrogens with zero attached hydrogens (tertiary/aromatic N) is 1. The maximum atomic E-state index is 12.4. The minimum absolute atomic E-state index is 0.257. The van der Waals surface area contributed by atoms with Crippen molar-refractivity contribution in [1.29, 1.82) is 0 Å². The van der Waals surface area contributed by atoms with Crippen LogP contribution in [0.3, 0.4) is 0 Å². The fraction of sp³-hybridized carbons (Fsp3) is 0.750. The van der Waals surface area contributed by atoms with Gasteiger partial charge in [-0.1, -0.05) is 6.92 Å². The Bertz CT molecular complexity index is 416. The summed E-state index contributed by atoms with van der Waals surface area (Å²) in [5.74, 6) is -0.651. The molecule has 0 aromatic heterocycles. The molecule has 4 amide bonds. The molecule has 0 atom stereocenters. The second-order valence-corrected chi connectivity index (χ2v) is 5.41. The van der Waals surface area contributed by atoms with Crippen molar-refractivity contribution >= 4 is 17.8 Å². The molecule has 5 nitrogen and oxygen atoms in total. The van der Waals surface area contributed by atoms with Crippen molar-refractivity contribution in [2.24, 2.45) is 5.41 Å². The van der Waals surface area contributed by atoms with Crippen molar-refractivity contribution in [2.45, 2.75) is 51.0 Å². The van der Waals surface area contributed by atoms with Crippen LogP contribution in [0.15, 0.2) is 0 Å². The van der Waals surface area contributed by atoms with Crippen LogP contribution in [0, 0.1) is 5.41 Å². The summed E-state index contributed by atoms with van der Waals surface area (Å²) < 4.78 is 0. The van der Waals surface area contributed by atoms with Gasteiger partial charge < -0.3 is 0 Å². The van der Waals surface area contributed by atoms with Gasteiger partial charge in [0.25, 0.3) is 0 Å². The first kappa shape index (κ1) is 10.7. The van der Waals surface area contributed by atoms with E-state index in [-0.39, 0.29) is 11.4 Å². The summed E-state index contributed by atoms with van der Waals surface area (Å²) in [6, 6.07) is -0.515. The molecule has 5 heteroatoms. The van der Waals surface area contributed by atoms with Gasteiger partial charge in [0, 0.05) is 0 Å². The quantitative estimate of drug-likeness (QED) is 0.732. The molecule has 17 heavy (non-hydrogen) atoms. The van der Waals surface area contributed by atoms with Gasteiger partial charge in [-0.15, -0.1) is 0 Å². The first-order chi connectivity index (χ1) is 8.06. The maximum Gasteiger partial charge on any atom is 0.331 e. The second-order valence-electron chi connectivity index (χ2n) is 5.41. The van der Waals surface area contributed by atoms with E-state index < -0.39 is 17.4 Å². The van der Waals surface area contributed by atoms with E-state index in [1.54, 1.807) is 0 Å². The lowest BCUT2D eigenvalue weighted by Gasteiger charge is -2.50. The summed E-state index contributed by atoms with van der Waals surface area (Å²) in [5.41, 5.74) is -1.22. The predicted octanol–water partition coefficient (Wildman–Crippen LogP) is 1.18. The van der Waals surface area contributed by atoms with Crippen molar-refractivity contribution in [3.63, 3.8) is 0 Å². The van der Waals surface area contributed by atoms with E-state index in [1.165, 1.54) is 4.90 Å². The zero-order valence-electron chi connectivity index (χ0n) is 9.91. The molecule has 3 fully saturated rings. The molecule has 0 radical (unpaired) electrons. The van der Waals surface area contributed by atoms with Gasteiger partial charge in [0.15, 0.2) is 0 Å². The first-order valence-electron chi connectivity index (χ1n) is 6.26. The lowest BCUT2D eigenvalue weighted by Crippen LogP contribution is -2.68. The summed E-state index contributed by atoms with van der Waals surface area (Å²) in [6.45, 7) is 2.00. The third kappa shape index (κ3) is 1.17. The Labute approximate surface area is 99.5 Å². The highest BCUT2D eigenvalue weighted by atomic mass is 16.2. The molecule has 2 aliphatic carbocycles. The Morgan fingerprint density at radius 2 is 1.82 bits per heavy atom. The van der Waals surface area contributed by atoms with Crippen LogP contribution in [-0.4, -0.2) is 28.3 Å². The number of carbonyl (C=O) groups is 3. The van der Waals surface area contributed by atoms with Gasteiger partial charge in [-0.3, -0.25) is 19.8 Å². The van der Waals surface area contributed by atoms with Gasteiger partial charge in [-0.25, -0.2) is 4.79 Å². The Morgan fingerprint density at radius 1 is 1.18 bits per heavy atom. The number of amides is 4. The number of urea groups is 1. The fourth-order valence-electron chi connectivity index (χ4n) is 2.99. The molecule has 1 spiro atoms. The van der Waals surface area contributed by atoms with Crippen LogP contribution in [0.5, 0.6) is 0 Å². The number of imide groups is 2. The number of hydrogen-bond acceptors (Lipinski definition) is 3. The zero-order chi connectivity index (χ0) is 12.3. The van der Waals surface area contributed by atoms with E-state index in [4.69, 9.17) is 0 Å². The van der Waals surface area contributed by atoms with Crippen LogP contribution in [-0.2, 0) is 9.59 Å². The molecular formula is C12H16N2O3. The molecule has 2 saturated carbocycles. The van der Waals surface area contributed by atoms with E-state index in [2.05, 4.69) is 5.32 Å². The van der Waals surface area contributed by atoms with E-state index in [0.717, 1.165) is 25.7 Å². The molecule has 1 aliphatic heterocycles. The SMILES string of the molecule is CCC1(N2C(=O)NC(=O)C3(CC3)C2=O)CCC1. The van der Waals surface area contributed by atoms with Crippen LogP contribution >= 0.6 is 0 Å². The van der Waals surface area contributed by atoms with Crippen LogP contribution in [0.1, 0.15) is 45.4 Å². The minimum Gasteiger partial charge on any atom is -0.277 e. The molecule has 3 rings (SSSR count). The van der Waals surface area contributed by atoms with E-state index >= 15 is 0 Å². The van der Waals surface area contributed by atoms with Gasteiger partial charge in [0.05, 0.1) is 5.54 Å². The number of rotatable bonds is 2. The van der Waals surface area contributed by atoms with E-state index in [9.17, 15) is 14.4 Å². The van der Waals surface area contributed by atoms with Crippen LogP contribution in [0.2, 0.25) is 0 Å². The zero-order valence-corrected chi connectivity index (χ0v) is 9.91. The molecule has 0 bridgehead atoms. The molecular weight excluding hydrogens is 220 g/mol. The van der Waals surface area contributed by atoms with Crippen molar-refractivity contribution in [1.82, 2.24) is 10.2 Å². The third-order valence-corrected chi connectivity index (χ3v) is 4.64. The van der Waals surface area contributed by atoms with Gasteiger partial charge in [0.2, 0.25) is 11.8 Å². The number of carbonyl (C=O) groups excluding carboxylic acids is 3. The topological polar surface area (TPSA) is 66.5 Å². The summed E-state index contributed by atoms with van der Waals surface area (Å²) in [4.78, 5) is 37.3. The molecule has 0 aromatic carbocycles. The molecule has 1 N–H and O–H groups in total. The number of nitrogens with one attached hydrogen (secondary N) is 1. The number of hydrogen-bond donors (Lipinski definition) is 1. The Balaban J connectivity index is 1.96. The normalized spacial score (nSPS) is 29.0. The smallest absolute Gasteiger partial charge is 0.277 e. The highest BCUT2D eigenvalue weighted by molar-refractivity contribution is 6.21. The lowest BCUT2D eigenvalue weighted by atomic mass is 9.72. The van der Waals surface area contributed by atoms with Crippen molar-refractivity contribution in [3.05, 3.63) is 0 Å². The average Bonchev–Trinajstić information content (AvgIpc) is 3.01. The highest BCUT2D eigenvalue weighted by Gasteiger charge is 2.65. The first-order valence-corrected chi connectivity index (χ1v) is 6.26. The van der Waals surface area contributed by atoms with Crippen LogP contribution in [0.25, 0.3) is 0 Å². The summed E-state index contributed by atoms with van der Waals surface area (Å²) in [6.07, 6.45) is 4.73. The van der Waals surface area contributed by atoms with Crippen LogP contribution < -0.4 is 5.32 Å². The Hall–Kier alpha value is -1.39. The summed E-state index contributed by atoms with van der Waals surface area (Å²) in [7, 11) is 0. The van der Waals surface area contributed by atoms with E-state index in [1.807, 2.05) is 6.92 Å². The molecule has 0 unspecified atom stereocenters. The van der Waals surface area contributed by atoms with E-state index in [0.29, 0.717) is 12.8 Å². The summed E-state index contributed by atoms with van der Waals surface area (Å²) in [5, 5.41) is 2.35. The second kappa shape index (κ2) is 3.09. The predicted molar refractivity (Wildman–Crippen MR) is 58.9 cm³/mol. The van der Waals surface area contributed by atoms with Crippen molar-refractivity contribution < 1.29 is 14.4 Å². The standard InChI is InChI=1S/C12H16N2O3/c1-2-11(4-3-5-11)14-9(16)12(6-7-12)8(15)13-10(14)17/h2-7H2,1H3,(H,13,15,17). The van der Waals surface area contributed by atoms with Gasteiger partial charge in [-0.05, 0) is 38.5 Å². The molecule has 1 heterocycles. The molecule has 1 saturated heterocycles. The largest absolute Gasteiger partial charge is 0.331 e. The highest BCUT2D eigenvalue weighted by Crippen LogP contribution is 2.52. The Kier molecular flexibility index (Phi) is 1.95. The van der Waals surface area contributed by atoms with Gasteiger partial charge in [-0.2, -0.15) is 0 Å². The Morgan fingerprint density at radius 3 is 2.24 bits per heavy atom. The minimum atomic E-state index is -0.897. The van der Waals surface area contributed by atoms with Crippen molar-refractivity contribution in [2.75, 3.05) is 0 Å². The number of barbiturate groups is 1. The van der Waals surface area contributed by atoms with Gasteiger partial charge in [0.1, 0.15) is 5.41 Å². The molecule has 0 aromatic rings.